The maximum Gasteiger partial charge on any atom is 0.266 e. The highest BCUT2D eigenvalue weighted by Gasteiger charge is 2.16. The van der Waals surface area contributed by atoms with Crippen molar-refractivity contribution in [3.63, 3.8) is 0 Å². The fourth-order valence-corrected chi connectivity index (χ4v) is 2.17. The Morgan fingerprint density at radius 2 is 2.05 bits per heavy atom. The van der Waals surface area contributed by atoms with E-state index in [-0.39, 0.29) is 0 Å². The summed E-state index contributed by atoms with van der Waals surface area (Å²) in [6.07, 6.45) is 1.99. The number of hydrogen-bond donors (Lipinski definition) is 0. The minimum absolute atomic E-state index is 0.543. The number of halogens is 3. The first-order chi connectivity index (χ1) is 9.01. The van der Waals surface area contributed by atoms with Gasteiger partial charge in [0.05, 0.1) is 5.56 Å². The molecule has 0 N–H and O–H groups in total. The standard InChI is InChI=1S/C15H16F3N/c1-3-10-6-12(9-19(2)8-10)11-4-5-14(16)13(7-11)15(17)18/h4-7,9,15H,3,8H2,1-2H3. The molecule has 0 saturated carbocycles. The van der Waals surface area contributed by atoms with Crippen molar-refractivity contribution in [1.82, 2.24) is 4.90 Å². The highest BCUT2D eigenvalue weighted by Crippen LogP contribution is 2.29. The van der Waals surface area contributed by atoms with Gasteiger partial charge in [0.15, 0.2) is 0 Å². The van der Waals surface area contributed by atoms with E-state index >= 15 is 0 Å². The fourth-order valence-electron chi connectivity index (χ4n) is 2.17. The van der Waals surface area contributed by atoms with E-state index in [4.69, 9.17) is 0 Å². The number of benzene rings is 1. The Kier molecular flexibility index (Phi) is 3.98. The van der Waals surface area contributed by atoms with Crippen LogP contribution in [-0.4, -0.2) is 18.5 Å². The molecule has 1 aliphatic rings. The van der Waals surface area contributed by atoms with Gasteiger partial charge >= 0.3 is 0 Å². The fraction of sp³-hybridized carbons (Fsp3) is 0.333. The van der Waals surface area contributed by atoms with E-state index in [0.717, 1.165) is 24.6 Å². The van der Waals surface area contributed by atoms with Gasteiger partial charge in [0.25, 0.3) is 6.43 Å². The topological polar surface area (TPSA) is 3.24 Å². The van der Waals surface area contributed by atoms with Crippen LogP contribution in [0, 0.1) is 5.82 Å². The lowest BCUT2D eigenvalue weighted by molar-refractivity contribution is 0.146. The molecular weight excluding hydrogens is 251 g/mol. The quantitative estimate of drug-likeness (QED) is 0.785. The van der Waals surface area contributed by atoms with Crippen molar-refractivity contribution < 1.29 is 13.2 Å². The van der Waals surface area contributed by atoms with Gasteiger partial charge in [0.2, 0.25) is 0 Å². The number of likely N-dealkylation sites (N-methyl/N-ethyl adjacent to an activating group) is 1. The third-order valence-corrected chi connectivity index (χ3v) is 3.19. The van der Waals surface area contributed by atoms with Crippen LogP contribution in [0.1, 0.15) is 30.9 Å². The van der Waals surface area contributed by atoms with E-state index in [1.165, 1.54) is 17.7 Å². The molecule has 19 heavy (non-hydrogen) atoms. The van der Waals surface area contributed by atoms with Crippen molar-refractivity contribution in [1.29, 1.82) is 0 Å². The number of rotatable bonds is 3. The second-order valence-electron chi connectivity index (χ2n) is 4.69. The molecular formula is C15H16F3N. The third kappa shape index (κ3) is 3.00. The number of allylic oxidation sites excluding steroid dienone is 2. The molecule has 0 amide bonds. The molecule has 0 fully saturated rings. The Morgan fingerprint density at radius 1 is 1.32 bits per heavy atom. The molecule has 1 aromatic rings. The van der Waals surface area contributed by atoms with Crippen LogP contribution in [0.5, 0.6) is 0 Å². The summed E-state index contributed by atoms with van der Waals surface area (Å²) in [5.41, 5.74) is 2.14. The van der Waals surface area contributed by atoms with E-state index in [1.807, 2.05) is 24.2 Å². The van der Waals surface area contributed by atoms with E-state index in [2.05, 4.69) is 6.92 Å². The molecule has 102 valence electrons. The number of nitrogens with zero attached hydrogens (tertiary/aromatic N) is 1. The second-order valence-corrected chi connectivity index (χ2v) is 4.69. The maximum atomic E-state index is 13.3. The minimum Gasteiger partial charge on any atom is -0.376 e. The largest absolute Gasteiger partial charge is 0.376 e. The van der Waals surface area contributed by atoms with Gasteiger partial charge in [-0.25, -0.2) is 13.2 Å². The Balaban J connectivity index is 2.42. The maximum absolute atomic E-state index is 13.3. The Hall–Kier alpha value is -1.71. The molecule has 0 radical (unpaired) electrons. The average Bonchev–Trinajstić information content (AvgIpc) is 2.38. The smallest absolute Gasteiger partial charge is 0.266 e. The summed E-state index contributed by atoms with van der Waals surface area (Å²) in [6, 6.07) is 3.87. The van der Waals surface area contributed by atoms with Crippen molar-refractivity contribution in [3.05, 3.63) is 53.0 Å². The van der Waals surface area contributed by atoms with Gasteiger partial charge < -0.3 is 4.90 Å². The molecule has 0 saturated heterocycles. The van der Waals surface area contributed by atoms with Crippen LogP contribution < -0.4 is 0 Å². The second kappa shape index (κ2) is 5.51. The third-order valence-electron chi connectivity index (χ3n) is 3.19. The first-order valence-electron chi connectivity index (χ1n) is 6.20. The molecule has 0 aromatic heterocycles. The normalized spacial score (nSPS) is 15.6. The summed E-state index contributed by atoms with van der Waals surface area (Å²) in [6.45, 7) is 2.89. The van der Waals surface area contributed by atoms with Crippen LogP contribution in [0.4, 0.5) is 13.2 Å². The summed E-state index contributed by atoms with van der Waals surface area (Å²) in [7, 11) is 1.93. The molecule has 0 bridgehead atoms. The zero-order chi connectivity index (χ0) is 14.0. The highest BCUT2D eigenvalue weighted by molar-refractivity contribution is 5.75. The Bertz CT molecular complexity index is 532. The van der Waals surface area contributed by atoms with Crippen molar-refractivity contribution >= 4 is 5.57 Å². The van der Waals surface area contributed by atoms with Gasteiger partial charge in [-0.3, -0.25) is 0 Å². The first kappa shape index (κ1) is 13.7. The van der Waals surface area contributed by atoms with Gasteiger partial charge in [-0.2, -0.15) is 0 Å². The van der Waals surface area contributed by atoms with E-state index in [0.29, 0.717) is 5.56 Å². The van der Waals surface area contributed by atoms with Gasteiger partial charge in [-0.15, -0.1) is 0 Å². The van der Waals surface area contributed by atoms with Crippen LogP contribution in [0.25, 0.3) is 5.57 Å². The summed E-state index contributed by atoms with van der Waals surface area (Å²) in [5.74, 6) is -0.858. The predicted octanol–water partition coefficient (Wildman–Crippen LogP) is 4.39. The van der Waals surface area contributed by atoms with Gasteiger partial charge in [0.1, 0.15) is 5.82 Å². The summed E-state index contributed by atoms with van der Waals surface area (Å²) in [5, 5.41) is 0. The molecule has 0 unspecified atom stereocenters. The monoisotopic (exact) mass is 267 g/mol. The van der Waals surface area contributed by atoms with Crippen molar-refractivity contribution in [2.75, 3.05) is 13.6 Å². The lowest BCUT2D eigenvalue weighted by Crippen LogP contribution is -2.18. The molecule has 0 aliphatic carbocycles. The molecule has 0 atom stereocenters. The summed E-state index contributed by atoms with van der Waals surface area (Å²) < 4.78 is 38.7. The van der Waals surface area contributed by atoms with Crippen LogP contribution in [0.2, 0.25) is 0 Å². The van der Waals surface area contributed by atoms with E-state index in [9.17, 15) is 13.2 Å². The lowest BCUT2D eigenvalue weighted by atomic mass is 9.98. The van der Waals surface area contributed by atoms with E-state index in [1.54, 1.807) is 0 Å². The summed E-state index contributed by atoms with van der Waals surface area (Å²) >= 11 is 0. The molecule has 1 aliphatic heterocycles. The van der Waals surface area contributed by atoms with Gasteiger partial charge in [-0.1, -0.05) is 24.6 Å². The van der Waals surface area contributed by atoms with Gasteiger partial charge in [-0.05, 0) is 29.7 Å². The zero-order valence-electron chi connectivity index (χ0n) is 11.0. The zero-order valence-corrected chi connectivity index (χ0v) is 11.0. The first-order valence-corrected chi connectivity index (χ1v) is 6.20. The Labute approximate surface area is 111 Å². The summed E-state index contributed by atoms with van der Waals surface area (Å²) in [4.78, 5) is 2.00. The molecule has 1 heterocycles. The van der Waals surface area contributed by atoms with Crippen molar-refractivity contribution in [2.45, 2.75) is 19.8 Å². The molecule has 2 rings (SSSR count). The van der Waals surface area contributed by atoms with Crippen LogP contribution >= 0.6 is 0 Å². The van der Waals surface area contributed by atoms with Crippen LogP contribution in [-0.2, 0) is 0 Å². The van der Waals surface area contributed by atoms with Crippen LogP contribution in [0.3, 0.4) is 0 Å². The average molecular weight is 267 g/mol. The molecule has 1 aromatic carbocycles. The van der Waals surface area contributed by atoms with Crippen LogP contribution in [0.15, 0.2) is 36.0 Å². The Morgan fingerprint density at radius 3 is 2.68 bits per heavy atom. The van der Waals surface area contributed by atoms with Crippen molar-refractivity contribution in [2.24, 2.45) is 0 Å². The highest BCUT2D eigenvalue weighted by atomic mass is 19.3. The van der Waals surface area contributed by atoms with Gasteiger partial charge in [0, 0.05) is 19.8 Å². The predicted molar refractivity (Wildman–Crippen MR) is 70.3 cm³/mol. The number of alkyl halides is 2. The molecule has 0 spiro atoms. The number of hydrogen-bond acceptors (Lipinski definition) is 1. The molecule has 4 heteroatoms. The van der Waals surface area contributed by atoms with Crippen molar-refractivity contribution in [3.8, 4) is 0 Å². The minimum atomic E-state index is -2.79. The lowest BCUT2D eigenvalue weighted by Gasteiger charge is -2.23. The SMILES string of the molecule is CCC1=CC(c2ccc(F)c(C(F)F)c2)=CN(C)C1. The van der Waals surface area contributed by atoms with E-state index < -0.39 is 17.8 Å². The molecule has 1 nitrogen and oxygen atoms in total.